The molecule has 1 aliphatic rings. The van der Waals surface area contributed by atoms with E-state index >= 15 is 0 Å². The van der Waals surface area contributed by atoms with Gasteiger partial charge < -0.3 is 14.8 Å². The zero-order chi connectivity index (χ0) is 21.1. The number of pyridine rings is 1. The van der Waals surface area contributed by atoms with E-state index in [4.69, 9.17) is 6.57 Å². The number of aryl methyl sites for hydroxylation is 1. The lowest BCUT2D eigenvalue weighted by Gasteiger charge is -2.36. The number of nitrogens with zero attached hydrogens (tertiary/aromatic N) is 3. The maximum absolute atomic E-state index is 13.3. The number of amides is 1. The van der Waals surface area contributed by atoms with Gasteiger partial charge in [0.25, 0.3) is 5.56 Å². The Hall–Kier alpha value is -3.66. The molecule has 1 aromatic heterocycles. The second-order valence-corrected chi connectivity index (χ2v) is 7.32. The number of nitrogens with one attached hydrogen (secondary N) is 1. The summed E-state index contributed by atoms with van der Waals surface area (Å²) in [6.45, 7) is 9.86. The average molecular weight is 404 g/mol. The van der Waals surface area contributed by atoms with Crippen molar-refractivity contribution in [3.05, 3.63) is 81.8 Å². The number of fused-ring (bicyclic) bond motifs is 1. The fourth-order valence-corrected chi connectivity index (χ4v) is 3.85. The molecule has 2 aromatic carbocycles. The first-order chi connectivity index (χ1) is 14.5. The van der Waals surface area contributed by atoms with E-state index in [0.29, 0.717) is 61.2 Å². The van der Waals surface area contributed by atoms with Gasteiger partial charge in [0.15, 0.2) is 0 Å². The molecule has 4 rings (SSSR count). The van der Waals surface area contributed by atoms with Crippen molar-refractivity contribution in [3.63, 3.8) is 0 Å². The zero-order valence-corrected chi connectivity index (χ0v) is 16.4. The fraction of sp³-hybridized carbons (Fsp3) is 0.261. The number of H-pyrrole nitrogens is 1. The topological polar surface area (TPSA) is 60.8 Å². The van der Waals surface area contributed by atoms with Crippen LogP contribution in [0.15, 0.2) is 53.3 Å². The van der Waals surface area contributed by atoms with Crippen LogP contribution in [0.2, 0.25) is 0 Å². The van der Waals surface area contributed by atoms with Gasteiger partial charge in [-0.3, -0.25) is 9.59 Å². The molecule has 0 unspecified atom stereocenters. The van der Waals surface area contributed by atoms with Crippen LogP contribution < -0.4 is 10.5 Å². The van der Waals surface area contributed by atoms with E-state index < -0.39 is 5.82 Å². The molecule has 1 fully saturated rings. The number of hydrogen-bond donors (Lipinski definition) is 1. The third-order valence-corrected chi connectivity index (χ3v) is 5.45. The van der Waals surface area contributed by atoms with Crippen LogP contribution in [0.3, 0.4) is 0 Å². The maximum Gasteiger partial charge on any atom is 0.256 e. The van der Waals surface area contributed by atoms with Crippen LogP contribution in [0.25, 0.3) is 15.6 Å². The largest absolute Gasteiger partial charge is 0.377 e. The number of aromatic amines is 1. The van der Waals surface area contributed by atoms with Crippen LogP contribution in [0, 0.1) is 12.4 Å². The van der Waals surface area contributed by atoms with Gasteiger partial charge in [0.05, 0.1) is 6.57 Å². The molecule has 0 aliphatic carbocycles. The SMILES string of the molecule is [C-]#[N+]c1ccccc1N1CCN(C(=O)CCc2cc3ccc(F)cc3c(=O)[nH]2)CC1. The van der Waals surface area contributed by atoms with Gasteiger partial charge in [-0.2, -0.15) is 0 Å². The number of piperazine rings is 1. The molecule has 0 saturated carbocycles. The third-order valence-electron chi connectivity index (χ3n) is 5.45. The highest BCUT2D eigenvalue weighted by atomic mass is 19.1. The smallest absolute Gasteiger partial charge is 0.256 e. The molecule has 0 atom stereocenters. The first-order valence-electron chi connectivity index (χ1n) is 9.86. The number of aromatic nitrogens is 1. The first kappa shape index (κ1) is 19.6. The molecule has 30 heavy (non-hydrogen) atoms. The summed E-state index contributed by atoms with van der Waals surface area (Å²) in [5, 5.41) is 0.968. The molecule has 0 bridgehead atoms. The number of halogens is 1. The summed E-state index contributed by atoms with van der Waals surface area (Å²) in [5.74, 6) is -0.415. The molecule has 3 aromatic rings. The molecule has 1 N–H and O–H groups in total. The molecule has 6 nitrogen and oxygen atoms in total. The van der Waals surface area contributed by atoms with Crippen molar-refractivity contribution in [3.8, 4) is 0 Å². The fourth-order valence-electron chi connectivity index (χ4n) is 3.85. The summed E-state index contributed by atoms with van der Waals surface area (Å²) in [6, 6.07) is 13.4. The zero-order valence-electron chi connectivity index (χ0n) is 16.4. The van der Waals surface area contributed by atoms with Crippen molar-refractivity contribution in [2.75, 3.05) is 31.1 Å². The molecule has 2 heterocycles. The number of para-hydroxylation sites is 2. The van der Waals surface area contributed by atoms with Gasteiger partial charge in [-0.1, -0.05) is 24.3 Å². The number of carbonyl (C=O) groups excluding carboxylic acids is 1. The minimum absolute atomic E-state index is 0.0353. The lowest BCUT2D eigenvalue weighted by Crippen LogP contribution is -2.48. The van der Waals surface area contributed by atoms with Crippen molar-refractivity contribution in [1.29, 1.82) is 0 Å². The van der Waals surface area contributed by atoms with Gasteiger partial charge in [-0.25, -0.2) is 9.24 Å². The number of carbonyl (C=O) groups is 1. The van der Waals surface area contributed by atoms with E-state index in [1.54, 1.807) is 18.2 Å². The summed E-state index contributed by atoms with van der Waals surface area (Å²) >= 11 is 0. The van der Waals surface area contributed by atoms with Gasteiger partial charge >= 0.3 is 0 Å². The third kappa shape index (κ3) is 4.03. The van der Waals surface area contributed by atoms with Crippen LogP contribution in [0.1, 0.15) is 12.1 Å². The second-order valence-electron chi connectivity index (χ2n) is 7.32. The Kier molecular flexibility index (Phi) is 5.48. The van der Waals surface area contributed by atoms with Gasteiger partial charge in [-0.05, 0) is 36.1 Å². The van der Waals surface area contributed by atoms with Gasteiger partial charge in [0.1, 0.15) is 5.82 Å². The molecular weight excluding hydrogens is 383 g/mol. The predicted molar refractivity (Wildman–Crippen MR) is 114 cm³/mol. The Labute approximate surface area is 173 Å². The normalized spacial score (nSPS) is 14.0. The lowest BCUT2D eigenvalue weighted by atomic mass is 10.1. The molecule has 1 saturated heterocycles. The minimum Gasteiger partial charge on any atom is -0.377 e. The predicted octanol–water partition coefficient (Wildman–Crippen LogP) is 3.50. The molecule has 0 spiro atoms. The standard InChI is InChI=1S/C23H21FN4O2/c1-25-20-4-2-3-5-21(20)27-10-12-28(13-11-27)22(29)9-8-18-14-16-6-7-17(24)15-19(16)23(30)26-18/h2-7,14-15H,8-13H2,(H,26,30). The van der Waals surface area contributed by atoms with Crippen LogP contribution >= 0.6 is 0 Å². The second kappa shape index (κ2) is 8.37. The van der Waals surface area contributed by atoms with Crippen molar-refractivity contribution in [2.24, 2.45) is 0 Å². The quantitative estimate of drug-likeness (QED) is 0.677. The van der Waals surface area contributed by atoms with E-state index in [2.05, 4.69) is 14.7 Å². The Balaban J connectivity index is 1.37. The van der Waals surface area contributed by atoms with Crippen molar-refractivity contribution >= 4 is 28.1 Å². The van der Waals surface area contributed by atoms with E-state index in [1.165, 1.54) is 12.1 Å². The van der Waals surface area contributed by atoms with Crippen LogP contribution in [0.4, 0.5) is 15.8 Å². The van der Waals surface area contributed by atoms with Crippen LogP contribution in [-0.2, 0) is 11.2 Å². The molecule has 152 valence electrons. The monoisotopic (exact) mass is 404 g/mol. The molecule has 0 radical (unpaired) electrons. The summed E-state index contributed by atoms with van der Waals surface area (Å²) < 4.78 is 13.3. The van der Waals surface area contributed by atoms with Crippen molar-refractivity contribution < 1.29 is 9.18 Å². The Bertz CT molecular complexity index is 1190. The summed E-state index contributed by atoms with van der Waals surface area (Å²) in [7, 11) is 0. The number of hydrogen-bond acceptors (Lipinski definition) is 3. The van der Waals surface area contributed by atoms with Crippen molar-refractivity contribution in [2.45, 2.75) is 12.8 Å². The molecular formula is C23H21FN4O2. The number of rotatable bonds is 4. The van der Waals surface area contributed by atoms with Gasteiger partial charge in [-0.15, -0.1) is 0 Å². The number of benzene rings is 2. The first-order valence-corrected chi connectivity index (χ1v) is 9.86. The van der Waals surface area contributed by atoms with E-state index in [1.807, 2.05) is 23.1 Å². The Morgan fingerprint density at radius 2 is 1.87 bits per heavy atom. The number of anilines is 1. The average Bonchev–Trinajstić information content (AvgIpc) is 2.78. The molecule has 7 heteroatoms. The van der Waals surface area contributed by atoms with Gasteiger partial charge in [0, 0.05) is 49.4 Å². The highest BCUT2D eigenvalue weighted by Crippen LogP contribution is 2.29. The minimum atomic E-state index is -0.450. The summed E-state index contributed by atoms with van der Waals surface area (Å²) in [6.07, 6.45) is 0.712. The molecule has 1 amide bonds. The van der Waals surface area contributed by atoms with Crippen molar-refractivity contribution in [1.82, 2.24) is 9.88 Å². The lowest BCUT2D eigenvalue weighted by molar-refractivity contribution is -0.131. The Morgan fingerprint density at radius 1 is 1.10 bits per heavy atom. The van der Waals surface area contributed by atoms with E-state index in [0.717, 1.165) is 5.69 Å². The molecule has 1 aliphatic heterocycles. The maximum atomic E-state index is 13.3. The van der Waals surface area contributed by atoms with E-state index in [-0.39, 0.29) is 11.5 Å². The highest BCUT2D eigenvalue weighted by molar-refractivity contribution is 5.82. The van der Waals surface area contributed by atoms with Gasteiger partial charge in [0.2, 0.25) is 11.6 Å². The summed E-state index contributed by atoms with van der Waals surface area (Å²) in [5.41, 5.74) is 1.85. The van der Waals surface area contributed by atoms with E-state index in [9.17, 15) is 14.0 Å². The van der Waals surface area contributed by atoms with Crippen LogP contribution in [0.5, 0.6) is 0 Å². The summed E-state index contributed by atoms with van der Waals surface area (Å²) in [4.78, 5) is 35.1. The van der Waals surface area contributed by atoms with Crippen LogP contribution in [-0.4, -0.2) is 42.0 Å². The Morgan fingerprint density at radius 3 is 2.63 bits per heavy atom. The highest BCUT2D eigenvalue weighted by Gasteiger charge is 2.22.